The smallest absolute Gasteiger partial charge is 0.283 e. The number of pyridine rings is 1. The van der Waals surface area contributed by atoms with Gasteiger partial charge in [0.1, 0.15) is 17.4 Å². The molecule has 1 saturated carbocycles. The largest absolute Gasteiger partial charge is 0.497 e. The van der Waals surface area contributed by atoms with Gasteiger partial charge in [0.2, 0.25) is 11.8 Å². The van der Waals surface area contributed by atoms with Crippen molar-refractivity contribution in [3.8, 4) is 11.6 Å². The maximum atomic E-state index is 13.1. The van der Waals surface area contributed by atoms with Gasteiger partial charge < -0.3 is 24.7 Å². The Balaban J connectivity index is 1.24. The van der Waals surface area contributed by atoms with Crippen molar-refractivity contribution in [2.75, 3.05) is 13.7 Å². The molecule has 2 amide bonds. The van der Waals surface area contributed by atoms with Crippen LogP contribution in [0.2, 0.25) is 0 Å². The molecule has 3 heterocycles. The number of hydrogen-bond donors (Lipinski definition) is 3. The van der Waals surface area contributed by atoms with E-state index < -0.39 is 39.3 Å². The fraction of sp³-hybridized carbons (Fsp3) is 0.360. The van der Waals surface area contributed by atoms with Crippen molar-refractivity contribution in [3.63, 3.8) is 0 Å². The predicted octanol–water partition coefficient (Wildman–Crippen LogP) is 0.652. The minimum Gasteiger partial charge on any atom is -0.497 e. The summed E-state index contributed by atoms with van der Waals surface area (Å²) in [6.45, 7) is 4.10. The highest BCUT2D eigenvalue weighted by atomic mass is 32.2. The number of sulfonamides is 1. The number of methoxy groups -OCH3 is 1. The Hall–Kier alpha value is -3.97. The van der Waals surface area contributed by atoms with Crippen LogP contribution in [0.5, 0.6) is 11.6 Å². The monoisotopic (exact) mass is 540 g/mol. The van der Waals surface area contributed by atoms with Gasteiger partial charge in [-0.3, -0.25) is 9.59 Å². The van der Waals surface area contributed by atoms with Gasteiger partial charge in [-0.2, -0.15) is 8.42 Å². The molecule has 1 saturated heterocycles. The van der Waals surface area contributed by atoms with E-state index in [1.807, 2.05) is 29.0 Å². The SMILES string of the molecule is C=C[C@@H]1C[C@]1(NC(=O)[C@@H]1CC(Oc2nccc3cc(OC)ccc23)CN1)C(=O)NS(=O)(=O)c1cn(C)cn1. The number of nitrogens with one attached hydrogen (secondary N) is 3. The average Bonchev–Trinajstić information content (AvgIpc) is 3.17. The molecule has 2 aliphatic rings. The number of aryl methyl sites for hydroxylation is 1. The van der Waals surface area contributed by atoms with Gasteiger partial charge in [-0.25, -0.2) is 14.7 Å². The van der Waals surface area contributed by atoms with Crippen molar-refractivity contribution < 1.29 is 27.5 Å². The fourth-order valence-electron chi connectivity index (χ4n) is 4.63. The van der Waals surface area contributed by atoms with Gasteiger partial charge in [0.15, 0.2) is 5.03 Å². The van der Waals surface area contributed by atoms with Crippen molar-refractivity contribution in [1.29, 1.82) is 0 Å². The van der Waals surface area contributed by atoms with E-state index in [9.17, 15) is 18.0 Å². The van der Waals surface area contributed by atoms with Gasteiger partial charge in [-0.15, -0.1) is 6.58 Å². The number of carbonyl (C=O) groups is 2. The van der Waals surface area contributed by atoms with Crippen LogP contribution in [0.3, 0.4) is 0 Å². The van der Waals surface area contributed by atoms with E-state index in [-0.39, 0.29) is 17.6 Å². The molecule has 38 heavy (non-hydrogen) atoms. The summed E-state index contributed by atoms with van der Waals surface area (Å²) in [7, 11) is -0.989. The Morgan fingerprint density at radius 2 is 2.11 bits per heavy atom. The van der Waals surface area contributed by atoms with Gasteiger partial charge in [0, 0.05) is 43.7 Å². The lowest BCUT2D eigenvalue weighted by molar-refractivity contribution is -0.130. The van der Waals surface area contributed by atoms with Crippen molar-refractivity contribution in [3.05, 3.63) is 55.6 Å². The topological polar surface area (TPSA) is 154 Å². The molecule has 1 aromatic carbocycles. The summed E-state index contributed by atoms with van der Waals surface area (Å²) in [6, 6.07) is 6.80. The predicted molar refractivity (Wildman–Crippen MR) is 137 cm³/mol. The second-order valence-corrected chi connectivity index (χ2v) is 11.1. The van der Waals surface area contributed by atoms with E-state index in [0.29, 0.717) is 18.8 Å². The summed E-state index contributed by atoms with van der Waals surface area (Å²) >= 11 is 0. The highest BCUT2D eigenvalue weighted by Crippen LogP contribution is 2.45. The standard InChI is InChI=1S/C25H28N6O6S/c1-4-16-11-25(16,24(33)30-38(34,35)21-13-31(2)14-28-21)29-22(32)20-10-18(12-27-20)37-23-19-6-5-17(36-3)9-15(19)7-8-26-23/h4-9,13-14,16,18,20,27H,1,10-12H2,2-3H3,(H,29,32)(H,30,33)/t16-,18?,20+,25-/m1/s1. The normalized spacial score (nSPS) is 24.5. The third kappa shape index (κ3) is 4.82. The first-order valence-corrected chi connectivity index (χ1v) is 13.5. The number of hydrogen-bond acceptors (Lipinski definition) is 9. The molecule has 3 aromatic rings. The Morgan fingerprint density at radius 3 is 2.79 bits per heavy atom. The van der Waals surface area contributed by atoms with Crippen LogP contribution >= 0.6 is 0 Å². The van der Waals surface area contributed by atoms with Gasteiger partial charge in [-0.05, 0) is 36.1 Å². The molecule has 1 unspecified atom stereocenters. The average molecular weight is 541 g/mol. The van der Waals surface area contributed by atoms with Crippen molar-refractivity contribution in [2.24, 2.45) is 13.0 Å². The van der Waals surface area contributed by atoms with Crippen LogP contribution in [-0.4, -0.2) is 66.1 Å². The molecule has 1 aliphatic heterocycles. The van der Waals surface area contributed by atoms with Crippen LogP contribution in [0, 0.1) is 5.92 Å². The Bertz CT molecular complexity index is 1520. The van der Waals surface area contributed by atoms with Gasteiger partial charge in [0.25, 0.3) is 15.9 Å². The first kappa shape index (κ1) is 25.7. The number of fused-ring (bicyclic) bond motifs is 1. The number of imidazole rings is 1. The molecule has 1 aliphatic carbocycles. The van der Waals surface area contributed by atoms with Gasteiger partial charge in [0.05, 0.1) is 19.5 Å². The van der Waals surface area contributed by atoms with Crippen LogP contribution < -0.4 is 24.8 Å². The maximum absolute atomic E-state index is 13.1. The van der Waals surface area contributed by atoms with Crippen LogP contribution in [0.15, 0.2) is 60.7 Å². The molecular weight excluding hydrogens is 512 g/mol. The fourth-order valence-corrected chi connectivity index (χ4v) is 5.66. The highest BCUT2D eigenvalue weighted by molar-refractivity contribution is 7.90. The second-order valence-electron chi connectivity index (χ2n) is 9.46. The molecule has 2 aromatic heterocycles. The first-order valence-electron chi connectivity index (χ1n) is 12.0. The number of carbonyl (C=O) groups excluding carboxylic acids is 2. The molecule has 5 rings (SSSR count). The molecule has 12 nitrogen and oxygen atoms in total. The Kier molecular flexibility index (Phi) is 6.57. The Morgan fingerprint density at radius 1 is 1.29 bits per heavy atom. The van der Waals surface area contributed by atoms with Crippen molar-refractivity contribution in [2.45, 2.75) is 35.6 Å². The zero-order valence-electron chi connectivity index (χ0n) is 20.9. The van der Waals surface area contributed by atoms with Gasteiger partial charge >= 0.3 is 0 Å². The lowest BCUT2D eigenvalue weighted by Gasteiger charge is -2.21. The van der Waals surface area contributed by atoms with Crippen LogP contribution in [0.1, 0.15) is 12.8 Å². The van der Waals surface area contributed by atoms with Gasteiger partial charge in [-0.1, -0.05) is 6.08 Å². The minimum absolute atomic E-state index is 0.238. The third-order valence-electron chi connectivity index (χ3n) is 6.85. The number of nitrogens with zero attached hydrogens (tertiary/aromatic N) is 3. The second kappa shape index (κ2) is 9.72. The van der Waals surface area contributed by atoms with E-state index in [2.05, 4.69) is 27.2 Å². The van der Waals surface area contributed by atoms with Crippen LogP contribution in [-0.2, 0) is 26.7 Å². The summed E-state index contributed by atoms with van der Waals surface area (Å²) in [5.74, 6) is -0.500. The molecule has 0 spiro atoms. The lowest BCUT2D eigenvalue weighted by Crippen LogP contribution is -2.55. The summed E-state index contributed by atoms with van der Waals surface area (Å²) in [5, 5.41) is 7.31. The first-order chi connectivity index (χ1) is 18.1. The maximum Gasteiger partial charge on any atom is 0.283 e. The third-order valence-corrected chi connectivity index (χ3v) is 8.07. The van der Waals surface area contributed by atoms with Crippen molar-refractivity contribution >= 4 is 32.6 Å². The summed E-state index contributed by atoms with van der Waals surface area (Å²) < 4.78 is 40.1. The summed E-state index contributed by atoms with van der Waals surface area (Å²) in [6.07, 6.45) is 6.01. The molecular formula is C25H28N6O6S. The Labute approximate surface area is 219 Å². The number of ether oxygens (including phenoxy) is 2. The number of rotatable bonds is 9. The summed E-state index contributed by atoms with van der Waals surface area (Å²) in [4.78, 5) is 34.4. The molecule has 13 heteroatoms. The highest BCUT2D eigenvalue weighted by Gasteiger charge is 2.61. The lowest BCUT2D eigenvalue weighted by atomic mass is 10.1. The molecule has 4 atom stereocenters. The minimum atomic E-state index is -4.20. The molecule has 0 bridgehead atoms. The molecule has 200 valence electrons. The number of aromatic nitrogens is 3. The van der Waals surface area contributed by atoms with E-state index in [1.165, 1.54) is 23.2 Å². The zero-order chi connectivity index (χ0) is 27.1. The quantitative estimate of drug-likeness (QED) is 0.332. The van der Waals surface area contributed by atoms with E-state index in [1.54, 1.807) is 20.4 Å². The summed E-state index contributed by atoms with van der Waals surface area (Å²) in [5.41, 5.74) is -1.41. The van der Waals surface area contributed by atoms with Crippen molar-refractivity contribution in [1.82, 2.24) is 29.9 Å². The number of amides is 2. The van der Waals surface area contributed by atoms with E-state index in [4.69, 9.17) is 9.47 Å². The molecule has 2 fully saturated rings. The van der Waals surface area contributed by atoms with E-state index >= 15 is 0 Å². The van der Waals surface area contributed by atoms with Crippen LogP contribution in [0.4, 0.5) is 0 Å². The molecule has 3 N–H and O–H groups in total. The zero-order valence-corrected chi connectivity index (χ0v) is 21.7. The van der Waals surface area contributed by atoms with E-state index in [0.717, 1.165) is 16.5 Å². The molecule has 0 radical (unpaired) electrons. The van der Waals surface area contributed by atoms with Crippen LogP contribution in [0.25, 0.3) is 10.8 Å². The number of benzene rings is 1.